The van der Waals surface area contributed by atoms with Crippen molar-refractivity contribution in [2.24, 2.45) is 0 Å². The Labute approximate surface area is 63.2 Å². The molecular weight excluding hydrogens is 126 g/mol. The van der Waals surface area contributed by atoms with Crippen molar-refractivity contribution in [1.82, 2.24) is 4.90 Å². The Hall–Kier alpha value is -0.0800. The van der Waals surface area contributed by atoms with Gasteiger partial charge in [-0.05, 0) is 27.3 Å². The summed E-state index contributed by atoms with van der Waals surface area (Å²) in [6, 6.07) is 0.653. The van der Waals surface area contributed by atoms with Gasteiger partial charge in [-0.1, -0.05) is 0 Å². The Kier molecular flexibility index (Phi) is 2.02. The van der Waals surface area contributed by atoms with Gasteiger partial charge in [0.05, 0.1) is 6.61 Å². The Morgan fingerprint density at radius 1 is 1.60 bits per heavy atom. The van der Waals surface area contributed by atoms with E-state index in [4.69, 9.17) is 4.74 Å². The first-order valence-corrected chi connectivity index (χ1v) is 3.80. The molecule has 1 heterocycles. The van der Waals surface area contributed by atoms with Gasteiger partial charge in [0.2, 0.25) is 0 Å². The molecule has 2 heteroatoms. The fraction of sp³-hybridized carbons (Fsp3) is 1.00. The molecule has 0 aliphatic carbocycles. The van der Waals surface area contributed by atoms with Crippen molar-refractivity contribution in [3.05, 3.63) is 0 Å². The average Bonchev–Trinajstić information content (AvgIpc) is 1.87. The summed E-state index contributed by atoms with van der Waals surface area (Å²) < 4.78 is 5.07. The van der Waals surface area contributed by atoms with E-state index in [9.17, 15) is 0 Å². The molecule has 1 rings (SSSR count). The van der Waals surface area contributed by atoms with Crippen LogP contribution in [0.5, 0.6) is 0 Å². The SMILES string of the molecule is COC[C@@H]1CC(C)(C)N1C. The van der Waals surface area contributed by atoms with E-state index >= 15 is 0 Å². The van der Waals surface area contributed by atoms with Gasteiger partial charge >= 0.3 is 0 Å². The highest BCUT2D eigenvalue weighted by Gasteiger charge is 2.41. The molecular formula is C8H17NO. The monoisotopic (exact) mass is 143 g/mol. The minimum absolute atomic E-state index is 0.406. The molecule has 0 amide bonds. The summed E-state index contributed by atoms with van der Waals surface area (Å²) >= 11 is 0. The molecule has 1 fully saturated rings. The van der Waals surface area contributed by atoms with Crippen LogP contribution >= 0.6 is 0 Å². The highest BCUT2D eigenvalue weighted by atomic mass is 16.5. The van der Waals surface area contributed by atoms with Gasteiger partial charge in [0.1, 0.15) is 0 Å². The fourth-order valence-corrected chi connectivity index (χ4v) is 1.60. The predicted octanol–water partition coefficient (Wildman–Crippen LogP) is 1.12. The van der Waals surface area contributed by atoms with Crippen molar-refractivity contribution < 1.29 is 4.74 Å². The molecule has 0 aromatic rings. The molecule has 1 aliphatic rings. The summed E-state index contributed by atoms with van der Waals surface area (Å²) in [5.74, 6) is 0. The number of likely N-dealkylation sites (tertiary alicyclic amines) is 1. The van der Waals surface area contributed by atoms with E-state index < -0.39 is 0 Å². The summed E-state index contributed by atoms with van der Waals surface area (Å²) in [6.07, 6.45) is 1.26. The third-order valence-electron chi connectivity index (χ3n) is 2.60. The van der Waals surface area contributed by atoms with Crippen molar-refractivity contribution in [1.29, 1.82) is 0 Å². The molecule has 0 aromatic heterocycles. The molecule has 0 radical (unpaired) electrons. The summed E-state index contributed by atoms with van der Waals surface area (Å²) in [7, 11) is 3.92. The third kappa shape index (κ3) is 1.18. The standard InChI is InChI=1S/C8H17NO/c1-8(2)5-7(6-10-4)9(8)3/h7H,5-6H2,1-4H3/t7-/m0/s1. The number of hydrogen-bond acceptors (Lipinski definition) is 2. The van der Waals surface area contributed by atoms with Gasteiger partial charge < -0.3 is 4.74 Å². The number of hydrogen-bond donors (Lipinski definition) is 0. The molecule has 0 aromatic carbocycles. The van der Waals surface area contributed by atoms with Crippen molar-refractivity contribution in [2.75, 3.05) is 20.8 Å². The first-order valence-electron chi connectivity index (χ1n) is 3.80. The van der Waals surface area contributed by atoms with Crippen LogP contribution in [0.4, 0.5) is 0 Å². The number of nitrogens with zero attached hydrogens (tertiary/aromatic N) is 1. The van der Waals surface area contributed by atoms with Crippen LogP contribution < -0.4 is 0 Å². The van der Waals surface area contributed by atoms with Crippen molar-refractivity contribution in [3.8, 4) is 0 Å². The molecule has 1 atom stereocenters. The maximum absolute atomic E-state index is 5.07. The van der Waals surface area contributed by atoms with Crippen LogP contribution in [0.1, 0.15) is 20.3 Å². The van der Waals surface area contributed by atoms with E-state index in [1.807, 2.05) is 0 Å². The van der Waals surface area contributed by atoms with Gasteiger partial charge in [-0.2, -0.15) is 0 Å². The smallest absolute Gasteiger partial charge is 0.0618 e. The second kappa shape index (κ2) is 2.51. The van der Waals surface area contributed by atoms with E-state index in [1.54, 1.807) is 7.11 Å². The molecule has 1 aliphatic heterocycles. The third-order valence-corrected chi connectivity index (χ3v) is 2.60. The quantitative estimate of drug-likeness (QED) is 0.574. The molecule has 0 bridgehead atoms. The highest BCUT2D eigenvalue weighted by molar-refractivity contribution is 4.97. The lowest BCUT2D eigenvalue weighted by atomic mass is 9.83. The number of methoxy groups -OCH3 is 1. The lowest BCUT2D eigenvalue weighted by Gasteiger charge is -2.53. The van der Waals surface area contributed by atoms with E-state index in [0.29, 0.717) is 11.6 Å². The Bertz CT molecular complexity index is 122. The van der Waals surface area contributed by atoms with Gasteiger partial charge in [-0.25, -0.2) is 0 Å². The number of ether oxygens (including phenoxy) is 1. The Morgan fingerprint density at radius 2 is 2.20 bits per heavy atom. The van der Waals surface area contributed by atoms with Gasteiger partial charge in [-0.15, -0.1) is 0 Å². The zero-order valence-electron chi connectivity index (χ0n) is 7.35. The van der Waals surface area contributed by atoms with Crippen LogP contribution in [0.15, 0.2) is 0 Å². The predicted molar refractivity (Wildman–Crippen MR) is 42.1 cm³/mol. The normalized spacial score (nSPS) is 31.8. The van der Waals surface area contributed by atoms with Crippen molar-refractivity contribution in [3.63, 3.8) is 0 Å². The zero-order valence-corrected chi connectivity index (χ0v) is 7.35. The lowest BCUT2D eigenvalue weighted by Crippen LogP contribution is -2.62. The van der Waals surface area contributed by atoms with Crippen molar-refractivity contribution >= 4 is 0 Å². The van der Waals surface area contributed by atoms with Crippen LogP contribution in [0.2, 0.25) is 0 Å². The first kappa shape index (κ1) is 8.02. The molecule has 60 valence electrons. The largest absolute Gasteiger partial charge is 0.383 e. The van der Waals surface area contributed by atoms with Crippen LogP contribution in [-0.2, 0) is 4.74 Å². The number of rotatable bonds is 2. The average molecular weight is 143 g/mol. The maximum Gasteiger partial charge on any atom is 0.0618 e. The molecule has 0 saturated carbocycles. The second-order valence-corrected chi connectivity index (χ2v) is 3.74. The van der Waals surface area contributed by atoms with Crippen LogP contribution in [0.25, 0.3) is 0 Å². The fourth-order valence-electron chi connectivity index (χ4n) is 1.60. The zero-order chi connectivity index (χ0) is 7.78. The first-order chi connectivity index (χ1) is 4.58. The van der Waals surface area contributed by atoms with Gasteiger partial charge in [-0.3, -0.25) is 4.90 Å². The second-order valence-electron chi connectivity index (χ2n) is 3.74. The number of likely N-dealkylation sites (N-methyl/N-ethyl adjacent to an activating group) is 1. The molecule has 0 N–H and O–H groups in total. The topological polar surface area (TPSA) is 12.5 Å². The van der Waals surface area contributed by atoms with Crippen LogP contribution in [-0.4, -0.2) is 37.2 Å². The molecule has 1 saturated heterocycles. The van der Waals surface area contributed by atoms with Crippen LogP contribution in [0, 0.1) is 0 Å². The molecule has 10 heavy (non-hydrogen) atoms. The minimum Gasteiger partial charge on any atom is -0.383 e. The highest BCUT2D eigenvalue weighted by Crippen LogP contribution is 2.33. The van der Waals surface area contributed by atoms with Gasteiger partial charge in [0, 0.05) is 18.7 Å². The van der Waals surface area contributed by atoms with E-state index in [2.05, 4.69) is 25.8 Å². The summed E-state index contributed by atoms with van der Waals surface area (Å²) in [4.78, 5) is 2.37. The van der Waals surface area contributed by atoms with E-state index in [0.717, 1.165) is 6.61 Å². The van der Waals surface area contributed by atoms with E-state index in [-0.39, 0.29) is 0 Å². The summed E-state index contributed by atoms with van der Waals surface area (Å²) in [5.41, 5.74) is 0.406. The summed E-state index contributed by atoms with van der Waals surface area (Å²) in [5, 5.41) is 0. The van der Waals surface area contributed by atoms with Crippen molar-refractivity contribution in [2.45, 2.75) is 31.8 Å². The molecule has 0 spiro atoms. The van der Waals surface area contributed by atoms with Gasteiger partial charge in [0.25, 0.3) is 0 Å². The van der Waals surface area contributed by atoms with Crippen LogP contribution in [0.3, 0.4) is 0 Å². The Balaban J connectivity index is 2.32. The molecule has 0 unspecified atom stereocenters. The Morgan fingerprint density at radius 3 is 2.50 bits per heavy atom. The maximum atomic E-state index is 5.07. The van der Waals surface area contributed by atoms with E-state index in [1.165, 1.54) is 6.42 Å². The molecule has 2 nitrogen and oxygen atoms in total. The lowest BCUT2D eigenvalue weighted by molar-refractivity contribution is -0.0589. The van der Waals surface area contributed by atoms with Gasteiger partial charge in [0.15, 0.2) is 0 Å². The summed E-state index contributed by atoms with van der Waals surface area (Å²) in [6.45, 7) is 5.40. The minimum atomic E-state index is 0.406.